The molecule has 0 aromatic carbocycles. The maximum atomic E-state index is 12.9. The van der Waals surface area contributed by atoms with Crippen LogP contribution in [0.1, 0.15) is 11.5 Å². The quantitative estimate of drug-likeness (QED) is 0.690. The molecule has 0 unspecified atom stereocenters. The third-order valence-electron chi connectivity index (χ3n) is 5.38. The van der Waals surface area contributed by atoms with Crippen LogP contribution in [-0.2, 0) is 21.8 Å². The summed E-state index contributed by atoms with van der Waals surface area (Å²) >= 11 is 0. The van der Waals surface area contributed by atoms with Crippen LogP contribution in [0.2, 0.25) is 0 Å². The molecule has 11 heteroatoms. The molecule has 4 heterocycles. The lowest BCUT2D eigenvalue weighted by Crippen LogP contribution is -2.49. The molecule has 0 bridgehead atoms. The summed E-state index contributed by atoms with van der Waals surface area (Å²) in [5, 5.41) is 0.104. The van der Waals surface area contributed by atoms with Gasteiger partial charge in [-0.3, -0.25) is 0 Å². The van der Waals surface area contributed by atoms with E-state index in [1.807, 2.05) is 17.9 Å². The molecule has 0 N–H and O–H groups in total. The Labute approximate surface area is 171 Å². The average molecular weight is 422 g/mol. The van der Waals surface area contributed by atoms with Gasteiger partial charge in [-0.15, -0.1) is 0 Å². The molecule has 4 rings (SSSR count). The molecule has 2 aromatic rings. The van der Waals surface area contributed by atoms with Crippen molar-refractivity contribution in [3.8, 4) is 0 Å². The van der Waals surface area contributed by atoms with Gasteiger partial charge in [0.2, 0.25) is 5.95 Å². The molecule has 29 heavy (non-hydrogen) atoms. The van der Waals surface area contributed by atoms with E-state index in [9.17, 15) is 8.42 Å². The van der Waals surface area contributed by atoms with Crippen molar-refractivity contribution >= 4 is 21.8 Å². The molecule has 0 saturated carbocycles. The summed E-state index contributed by atoms with van der Waals surface area (Å²) in [4.78, 5) is 17.8. The standard InChI is InChI=1S/C18H27N7O3S/c1-14-12-16(23-8-10-28-11-9-23)21-18(19-14)24-4-6-25(7-5-24)29(26,27)17-13-22(3)15(2)20-17/h12-13H,4-11H2,1-3H3. The normalized spacial score (nSPS) is 19.0. The van der Waals surface area contributed by atoms with Crippen molar-refractivity contribution in [2.45, 2.75) is 18.9 Å². The number of hydrogen-bond donors (Lipinski definition) is 0. The Kier molecular flexibility index (Phi) is 5.45. The van der Waals surface area contributed by atoms with Crippen molar-refractivity contribution in [1.82, 2.24) is 23.8 Å². The number of hydrogen-bond acceptors (Lipinski definition) is 8. The molecule has 2 aromatic heterocycles. The SMILES string of the molecule is Cc1cc(N2CCOCC2)nc(N2CCN(S(=O)(=O)c3cn(C)c(C)n3)CC2)n1. The molecule has 0 aliphatic carbocycles. The van der Waals surface area contributed by atoms with E-state index in [0.29, 0.717) is 51.2 Å². The van der Waals surface area contributed by atoms with E-state index in [2.05, 4.69) is 14.9 Å². The molecule has 0 radical (unpaired) electrons. The maximum Gasteiger partial charge on any atom is 0.262 e. The first-order chi connectivity index (χ1) is 13.8. The van der Waals surface area contributed by atoms with Gasteiger partial charge in [0.25, 0.3) is 10.0 Å². The molecule has 2 saturated heterocycles. The van der Waals surface area contributed by atoms with Gasteiger partial charge in [0.05, 0.1) is 13.2 Å². The van der Waals surface area contributed by atoms with Gasteiger partial charge in [-0.05, 0) is 13.8 Å². The van der Waals surface area contributed by atoms with E-state index in [-0.39, 0.29) is 5.03 Å². The molecule has 2 aliphatic heterocycles. The molecule has 158 valence electrons. The Hall–Kier alpha value is -2.24. The van der Waals surface area contributed by atoms with Crippen LogP contribution in [0.3, 0.4) is 0 Å². The fourth-order valence-corrected chi connectivity index (χ4v) is 4.99. The minimum atomic E-state index is -3.59. The predicted octanol–water partition coefficient (Wildman–Crippen LogP) is 0.174. The second-order valence-corrected chi connectivity index (χ2v) is 9.28. The number of nitrogens with zero attached hydrogens (tertiary/aromatic N) is 7. The summed E-state index contributed by atoms with van der Waals surface area (Å²) in [7, 11) is -1.80. The summed E-state index contributed by atoms with van der Waals surface area (Å²) in [6.45, 7) is 8.59. The zero-order valence-corrected chi connectivity index (χ0v) is 17.9. The van der Waals surface area contributed by atoms with Crippen molar-refractivity contribution in [2.75, 3.05) is 62.3 Å². The van der Waals surface area contributed by atoms with Gasteiger partial charge in [0, 0.05) is 64.3 Å². The van der Waals surface area contributed by atoms with Gasteiger partial charge >= 0.3 is 0 Å². The third-order valence-corrected chi connectivity index (χ3v) is 7.15. The van der Waals surface area contributed by atoms with Gasteiger partial charge in [-0.25, -0.2) is 18.4 Å². The molecule has 2 aliphatic rings. The summed E-state index contributed by atoms with van der Waals surface area (Å²) in [6, 6.07) is 1.99. The van der Waals surface area contributed by atoms with Crippen LogP contribution in [0.15, 0.2) is 17.3 Å². The third kappa shape index (κ3) is 4.07. The van der Waals surface area contributed by atoms with Crippen molar-refractivity contribution in [3.63, 3.8) is 0 Å². The summed E-state index contributed by atoms with van der Waals surface area (Å²) < 4.78 is 34.4. The number of aromatic nitrogens is 4. The lowest BCUT2D eigenvalue weighted by atomic mass is 10.3. The van der Waals surface area contributed by atoms with Crippen molar-refractivity contribution in [1.29, 1.82) is 0 Å². The first-order valence-electron chi connectivity index (χ1n) is 9.78. The number of ether oxygens (including phenoxy) is 1. The number of morpholine rings is 1. The summed E-state index contributed by atoms with van der Waals surface area (Å²) in [5.41, 5.74) is 0.899. The summed E-state index contributed by atoms with van der Waals surface area (Å²) in [5.74, 6) is 2.22. The number of anilines is 2. The molecular weight excluding hydrogens is 394 g/mol. The zero-order valence-electron chi connectivity index (χ0n) is 17.1. The van der Waals surface area contributed by atoms with E-state index < -0.39 is 10.0 Å². The highest BCUT2D eigenvalue weighted by Crippen LogP contribution is 2.22. The Bertz CT molecular complexity index is 958. The lowest BCUT2D eigenvalue weighted by molar-refractivity contribution is 0.122. The Morgan fingerprint density at radius 3 is 2.24 bits per heavy atom. The molecule has 0 amide bonds. The van der Waals surface area contributed by atoms with E-state index in [4.69, 9.17) is 9.72 Å². The van der Waals surface area contributed by atoms with Crippen LogP contribution < -0.4 is 9.80 Å². The highest BCUT2D eigenvalue weighted by molar-refractivity contribution is 7.89. The van der Waals surface area contributed by atoms with Gasteiger partial charge in [0.15, 0.2) is 5.03 Å². The lowest BCUT2D eigenvalue weighted by Gasteiger charge is -2.34. The van der Waals surface area contributed by atoms with Crippen LogP contribution in [0.25, 0.3) is 0 Å². The van der Waals surface area contributed by atoms with Crippen molar-refractivity contribution < 1.29 is 13.2 Å². The van der Waals surface area contributed by atoms with Crippen LogP contribution in [-0.4, -0.2) is 84.7 Å². The maximum absolute atomic E-state index is 12.9. The molecule has 10 nitrogen and oxygen atoms in total. The number of sulfonamides is 1. The van der Waals surface area contributed by atoms with Crippen molar-refractivity contribution in [3.05, 3.63) is 23.8 Å². The van der Waals surface area contributed by atoms with Crippen LogP contribution in [0, 0.1) is 13.8 Å². The molecular formula is C18H27N7O3S. The van der Waals surface area contributed by atoms with Gasteiger partial charge in [-0.2, -0.15) is 9.29 Å². The average Bonchev–Trinajstić information content (AvgIpc) is 3.07. The van der Waals surface area contributed by atoms with Crippen LogP contribution in [0.5, 0.6) is 0 Å². The van der Waals surface area contributed by atoms with E-state index >= 15 is 0 Å². The van der Waals surface area contributed by atoms with E-state index in [0.717, 1.165) is 24.6 Å². The van der Waals surface area contributed by atoms with E-state index in [1.54, 1.807) is 24.7 Å². The van der Waals surface area contributed by atoms with Crippen molar-refractivity contribution in [2.24, 2.45) is 7.05 Å². The first kappa shape index (κ1) is 20.0. The Morgan fingerprint density at radius 2 is 1.62 bits per heavy atom. The number of aryl methyl sites for hydroxylation is 3. The minimum Gasteiger partial charge on any atom is -0.378 e. The Morgan fingerprint density at radius 1 is 0.931 bits per heavy atom. The highest BCUT2D eigenvalue weighted by Gasteiger charge is 2.31. The largest absolute Gasteiger partial charge is 0.378 e. The predicted molar refractivity (Wildman–Crippen MR) is 109 cm³/mol. The monoisotopic (exact) mass is 421 g/mol. The summed E-state index contributed by atoms with van der Waals surface area (Å²) in [6.07, 6.45) is 1.56. The number of imidazole rings is 1. The molecule has 0 atom stereocenters. The second kappa shape index (κ2) is 7.88. The molecule has 0 spiro atoms. The van der Waals surface area contributed by atoms with E-state index in [1.165, 1.54) is 4.31 Å². The highest BCUT2D eigenvalue weighted by atomic mass is 32.2. The fourth-order valence-electron chi connectivity index (χ4n) is 3.54. The van der Waals surface area contributed by atoms with Gasteiger partial charge < -0.3 is 19.1 Å². The minimum absolute atomic E-state index is 0.104. The first-order valence-corrected chi connectivity index (χ1v) is 11.2. The van der Waals surface area contributed by atoms with Gasteiger partial charge in [-0.1, -0.05) is 0 Å². The zero-order chi connectivity index (χ0) is 20.6. The van der Waals surface area contributed by atoms with Crippen LogP contribution in [0.4, 0.5) is 11.8 Å². The topological polar surface area (TPSA) is 96.7 Å². The second-order valence-electron chi connectivity index (χ2n) is 7.40. The molecule has 2 fully saturated rings. The number of rotatable bonds is 4. The smallest absolute Gasteiger partial charge is 0.262 e. The fraction of sp³-hybridized carbons (Fsp3) is 0.611. The Balaban J connectivity index is 1.47. The number of piperazine rings is 1. The van der Waals surface area contributed by atoms with Crippen LogP contribution >= 0.6 is 0 Å². The van der Waals surface area contributed by atoms with Gasteiger partial charge in [0.1, 0.15) is 11.6 Å².